The molecule has 20 heavy (non-hydrogen) atoms. The van der Waals surface area contributed by atoms with E-state index in [1.807, 2.05) is 13.8 Å². The summed E-state index contributed by atoms with van der Waals surface area (Å²) < 4.78 is 5.37. The van der Waals surface area contributed by atoms with Gasteiger partial charge in [0.05, 0.1) is 6.61 Å². The zero-order valence-corrected chi connectivity index (χ0v) is 13.3. The average Bonchev–Trinajstić information content (AvgIpc) is 2.81. The van der Waals surface area contributed by atoms with Crippen LogP contribution in [-0.2, 0) is 9.53 Å². The molecule has 5 nitrogen and oxygen atoms in total. The van der Waals surface area contributed by atoms with Crippen LogP contribution in [0.1, 0.15) is 39.5 Å². The summed E-state index contributed by atoms with van der Waals surface area (Å²) in [4.78, 5) is 14.2. The number of ether oxygens (including phenoxy) is 1. The molecule has 0 spiro atoms. The van der Waals surface area contributed by atoms with Gasteiger partial charge in [0.15, 0.2) is 0 Å². The SMILES string of the molecule is CCNC1(C(N)=O)CCCC1CCN(C)CCOCC. The first-order valence-electron chi connectivity index (χ1n) is 7.88. The Labute approximate surface area is 123 Å². The number of primary amides is 1. The van der Waals surface area contributed by atoms with Crippen LogP contribution in [-0.4, -0.2) is 56.2 Å². The molecule has 0 aromatic heterocycles. The van der Waals surface area contributed by atoms with Gasteiger partial charge in [0.2, 0.25) is 5.91 Å². The summed E-state index contributed by atoms with van der Waals surface area (Å²) in [6, 6.07) is 0. The maximum Gasteiger partial charge on any atom is 0.238 e. The summed E-state index contributed by atoms with van der Waals surface area (Å²) in [5.74, 6) is 0.174. The lowest BCUT2D eigenvalue weighted by Gasteiger charge is -2.34. The molecule has 0 aromatic carbocycles. The minimum atomic E-state index is -0.477. The van der Waals surface area contributed by atoms with Crippen molar-refractivity contribution in [2.24, 2.45) is 11.7 Å². The maximum absolute atomic E-state index is 11.9. The third-order valence-electron chi connectivity index (χ3n) is 4.43. The Hall–Kier alpha value is -0.650. The van der Waals surface area contributed by atoms with Gasteiger partial charge < -0.3 is 20.7 Å². The first-order chi connectivity index (χ1) is 9.56. The van der Waals surface area contributed by atoms with Crippen molar-refractivity contribution in [1.82, 2.24) is 10.2 Å². The number of likely N-dealkylation sites (N-methyl/N-ethyl adjacent to an activating group) is 2. The van der Waals surface area contributed by atoms with Crippen molar-refractivity contribution >= 4 is 5.91 Å². The highest BCUT2D eigenvalue weighted by molar-refractivity contribution is 5.85. The van der Waals surface area contributed by atoms with Gasteiger partial charge in [0.25, 0.3) is 0 Å². The van der Waals surface area contributed by atoms with E-state index < -0.39 is 5.54 Å². The molecule has 1 rings (SSSR count). The Bertz CT molecular complexity index is 299. The van der Waals surface area contributed by atoms with E-state index in [0.717, 1.165) is 58.5 Å². The van der Waals surface area contributed by atoms with E-state index in [4.69, 9.17) is 10.5 Å². The standard InChI is InChI=1S/C15H31N3O2/c1-4-17-15(14(16)19)9-6-7-13(15)8-10-18(3)11-12-20-5-2/h13,17H,4-12H2,1-3H3,(H2,16,19). The summed E-state index contributed by atoms with van der Waals surface area (Å²) in [7, 11) is 2.10. The van der Waals surface area contributed by atoms with Crippen LogP contribution in [0.25, 0.3) is 0 Å². The van der Waals surface area contributed by atoms with Gasteiger partial charge in [-0.1, -0.05) is 13.3 Å². The van der Waals surface area contributed by atoms with Crippen LogP contribution < -0.4 is 11.1 Å². The van der Waals surface area contributed by atoms with Crippen LogP contribution in [0, 0.1) is 5.92 Å². The van der Waals surface area contributed by atoms with Crippen LogP contribution in [0.4, 0.5) is 0 Å². The molecule has 1 saturated carbocycles. The van der Waals surface area contributed by atoms with Crippen molar-refractivity contribution in [2.45, 2.75) is 45.1 Å². The highest BCUT2D eigenvalue weighted by atomic mass is 16.5. The van der Waals surface area contributed by atoms with Crippen LogP contribution in [0.5, 0.6) is 0 Å². The molecule has 3 N–H and O–H groups in total. The third kappa shape index (κ3) is 4.43. The Morgan fingerprint density at radius 1 is 1.45 bits per heavy atom. The highest BCUT2D eigenvalue weighted by Gasteiger charge is 2.46. The van der Waals surface area contributed by atoms with Gasteiger partial charge in [0.1, 0.15) is 5.54 Å². The Morgan fingerprint density at radius 3 is 2.80 bits per heavy atom. The van der Waals surface area contributed by atoms with Gasteiger partial charge in [-0.15, -0.1) is 0 Å². The monoisotopic (exact) mass is 285 g/mol. The van der Waals surface area contributed by atoms with E-state index in [2.05, 4.69) is 17.3 Å². The fourth-order valence-corrected chi connectivity index (χ4v) is 3.28. The predicted octanol–water partition coefficient (Wildman–Crippen LogP) is 0.978. The topological polar surface area (TPSA) is 67.6 Å². The number of carbonyl (C=O) groups excluding carboxylic acids is 1. The zero-order chi connectivity index (χ0) is 15.0. The number of nitrogens with one attached hydrogen (secondary N) is 1. The van der Waals surface area contributed by atoms with Crippen LogP contribution >= 0.6 is 0 Å². The predicted molar refractivity (Wildman–Crippen MR) is 81.6 cm³/mol. The van der Waals surface area contributed by atoms with Crippen molar-refractivity contribution in [3.8, 4) is 0 Å². The van der Waals surface area contributed by atoms with Gasteiger partial charge in [0, 0.05) is 13.2 Å². The zero-order valence-electron chi connectivity index (χ0n) is 13.3. The molecular weight excluding hydrogens is 254 g/mol. The van der Waals surface area contributed by atoms with Crippen molar-refractivity contribution < 1.29 is 9.53 Å². The van der Waals surface area contributed by atoms with E-state index in [1.54, 1.807) is 0 Å². The second-order valence-electron chi connectivity index (χ2n) is 5.74. The Kier molecular flexibility index (Phi) is 7.48. The van der Waals surface area contributed by atoms with E-state index in [9.17, 15) is 4.79 Å². The Morgan fingerprint density at radius 2 is 2.20 bits per heavy atom. The average molecular weight is 285 g/mol. The first-order valence-corrected chi connectivity index (χ1v) is 7.88. The minimum Gasteiger partial charge on any atom is -0.380 e. The summed E-state index contributed by atoms with van der Waals surface area (Å²) >= 11 is 0. The third-order valence-corrected chi connectivity index (χ3v) is 4.43. The summed E-state index contributed by atoms with van der Waals surface area (Å²) in [5, 5.41) is 3.37. The molecule has 118 valence electrons. The second-order valence-corrected chi connectivity index (χ2v) is 5.74. The lowest BCUT2D eigenvalue weighted by molar-refractivity contribution is -0.126. The molecule has 0 bridgehead atoms. The lowest BCUT2D eigenvalue weighted by atomic mass is 9.83. The van der Waals surface area contributed by atoms with Crippen LogP contribution in [0.3, 0.4) is 0 Å². The maximum atomic E-state index is 11.9. The molecular formula is C15H31N3O2. The molecule has 0 saturated heterocycles. The fraction of sp³-hybridized carbons (Fsp3) is 0.933. The number of hydrogen-bond acceptors (Lipinski definition) is 4. The van der Waals surface area contributed by atoms with E-state index >= 15 is 0 Å². The lowest BCUT2D eigenvalue weighted by Crippen LogP contribution is -2.58. The number of amides is 1. The molecule has 0 aromatic rings. The van der Waals surface area contributed by atoms with Crippen molar-refractivity contribution in [3.63, 3.8) is 0 Å². The van der Waals surface area contributed by atoms with Crippen molar-refractivity contribution in [1.29, 1.82) is 0 Å². The van der Waals surface area contributed by atoms with Gasteiger partial charge in [-0.05, 0) is 52.2 Å². The molecule has 1 aliphatic rings. The molecule has 0 aliphatic heterocycles. The largest absolute Gasteiger partial charge is 0.380 e. The number of rotatable bonds is 10. The molecule has 1 fully saturated rings. The van der Waals surface area contributed by atoms with E-state index in [-0.39, 0.29) is 5.91 Å². The molecule has 5 heteroatoms. The summed E-state index contributed by atoms with van der Waals surface area (Å²) in [6.07, 6.45) is 4.07. The minimum absolute atomic E-state index is 0.182. The second kappa shape index (κ2) is 8.60. The number of carbonyl (C=O) groups is 1. The smallest absolute Gasteiger partial charge is 0.238 e. The molecule has 0 heterocycles. The number of nitrogens with two attached hydrogens (primary N) is 1. The molecule has 1 amide bonds. The molecule has 2 unspecified atom stereocenters. The molecule has 1 aliphatic carbocycles. The van der Waals surface area contributed by atoms with E-state index in [1.165, 1.54) is 0 Å². The summed E-state index contributed by atoms with van der Waals surface area (Å²) in [6.45, 7) is 8.29. The first kappa shape index (κ1) is 17.4. The van der Waals surface area contributed by atoms with Gasteiger partial charge in [-0.2, -0.15) is 0 Å². The highest BCUT2D eigenvalue weighted by Crippen LogP contribution is 2.37. The van der Waals surface area contributed by atoms with Crippen LogP contribution in [0.15, 0.2) is 0 Å². The molecule has 2 atom stereocenters. The van der Waals surface area contributed by atoms with Gasteiger partial charge in [-0.3, -0.25) is 4.79 Å². The number of hydrogen-bond donors (Lipinski definition) is 2. The normalized spacial score (nSPS) is 26.3. The number of nitrogens with zero attached hydrogens (tertiary/aromatic N) is 1. The summed E-state index contributed by atoms with van der Waals surface area (Å²) in [5.41, 5.74) is 5.20. The molecule has 0 radical (unpaired) electrons. The van der Waals surface area contributed by atoms with Crippen molar-refractivity contribution in [3.05, 3.63) is 0 Å². The van der Waals surface area contributed by atoms with E-state index in [0.29, 0.717) is 5.92 Å². The quantitative estimate of drug-likeness (QED) is 0.587. The van der Waals surface area contributed by atoms with Gasteiger partial charge >= 0.3 is 0 Å². The Balaban J connectivity index is 2.46. The fourth-order valence-electron chi connectivity index (χ4n) is 3.28. The van der Waals surface area contributed by atoms with Crippen molar-refractivity contribution in [2.75, 3.05) is 39.9 Å². The van der Waals surface area contributed by atoms with Gasteiger partial charge in [-0.25, -0.2) is 0 Å². The van der Waals surface area contributed by atoms with Crippen LogP contribution in [0.2, 0.25) is 0 Å².